The van der Waals surface area contributed by atoms with Crippen molar-refractivity contribution in [2.75, 3.05) is 13.1 Å². The Balaban J connectivity index is 1.81. The maximum Gasteiger partial charge on any atom is 0.130 e. The molecule has 172 valence electrons. The Kier molecular flexibility index (Phi) is 8.82. The van der Waals surface area contributed by atoms with E-state index in [1.807, 2.05) is 6.07 Å². The molecule has 1 saturated carbocycles. The Labute approximate surface area is 192 Å². The summed E-state index contributed by atoms with van der Waals surface area (Å²) in [5.74, 6) is -1.15. The molecule has 0 heterocycles. The molecule has 2 atom stereocenters. The molecule has 1 fully saturated rings. The van der Waals surface area contributed by atoms with Gasteiger partial charge in [-0.2, -0.15) is 5.26 Å². The van der Waals surface area contributed by atoms with Crippen LogP contribution in [-0.4, -0.2) is 24.0 Å². The van der Waals surface area contributed by atoms with Crippen molar-refractivity contribution < 1.29 is 8.78 Å². The molecular formula is C28H36F2N2. The molecule has 1 aliphatic rings. The average molecular weight is 439 g/mol. The van der Waals surface area contributed by atoms with Crippen LogP contribution in [0.5, 0.6) is 0 Å². The number of hydrogen-bond acceptors (Lipinski definition) is 2. The molecule has 0 N–H and O–H groups in total. The van der Waals surface area contributed by atoms with Crippen LogP contribution >= 0.6 is 0 Å². The van der Waals surface area contributed by atoms with Crippen LogP contribution in [0.3, 0.4) is 0 Å². The monoisotopic (exact) mass is 438 g/mol. The van der Waals surface area contributed by atoms with E-state index in [1.54, 1.807) is 0 Å². The van der Waals surface area contributed by atoms with Gasteiger partial charge in [0.1, 0.15) is 11.6 Å². The Morgan fingerprint density at radius 3 is 2.25 bits per heavy atom. The lowest BCUT2D eigenvalue weighted by atomic mass is 9.66. The largest absolute Gasteiger partial charge is 0.300 e. The Morgan fingerprint density at radius 2 is 1.69 bits per heavy atom. The Bertz CT molecular complexity index is 866. The lowest BCUT2D eigenvalue weighted by Crippen LogP contribution is -2.40. The first-order valence-corrected chi connectivity index (χ1v) is 12.2. The molecule has 0 bridgehead atoms. The van der Waals surface area contributed by atoms with E-state index in [-0.39, 0.29) is 17.5 Å². The number of nitrogens with zero attached hydrogens (tertiary/aromatic N) is 2. The van der Waals surface area contributed by atoms with Gasteiger partial charge in [0, 0.05) is 18.2 Å². The number of benzene rings is 2. The summed E-state index contributed by atoms with van der Waals surface area (Å²) in [6, 6.07) is 17.2. The molecule has 0 aromatic heterocycles. The quantitative estimate of drug-likeness (QED) is 0.376. The zero-order valence-electron chi connectivity index (χ0n) is 19.5. The van der Waals surface area contributed by atoms with Gasteiger partial charge in [0.05, 0.1) is 11.5 Å². The number of hydrogen-bond donors (Lipinski definition) is 0. The smallest absolute Gasteiger partial charge is 0.130 e. The first kappa shape index (κ1) is 24.4. The van der Waals surface area contributed by atoms with Gasteiger partial charge in [0.15, 0.2) is 0 Å². The highest BCUT2D eigenvalue weighted by molar-refractivity contribution is 5.36. The maximum absolute atomic E-state index is 14.9. The van der Waals surface area contributed by atoms with Crippen molar-refractivity contribution in [2.45, 2.75) is 76.7 Å². The average Bonchev–Trinajstić information content (AvgIpc) is 3.36. The first-order chi connectivity index (χ1) is 15.6. The number of rotatable bonds is 11. The van der Waals surface area contributed by atoms with Crippen molar-refractivity contribution in [3.8, 4) is 6.07 Å². The van der Waals surface area contributed by atoms with E-state index >= 15 is 0 Å². The molecular weight excluding hydrogens is 402 g/mol. The lowest BCUT2D eigenvalue weighted by Gasteiger charge is -2.37. The third-order valence-electron chi connectivity index (χ3n) is 7.46. The first-order valence-electron chi connectivity index (χ1n) is 12.2. The second-order valence-corrected chi connectivity index (χ2v) is 9.13. The van der Waals surface area contributed by atoms with Gasteiger partial charge in [0.2, 0.25) is 0 Å². The summed E-state index contributed by atoms with van der Waals surface area (Å²) in [6.07, 6.45) is 6.96. The normalized spacial score (nSPS) is 17.2. The third kappa shape index (κ3) is 5.38. The second-order valence-electron chi connectivity index (χ2n) is 9.13. The molecule has 0 spiro atoms. The van der Waals surface area contributed by atoms with Gasteiger partial charge in [-0.25, -0.2) is 8.78 Å². The maximum atomic E-state index is 14.9. The molecule has 0 amide bonds. The fourth-order valence-corrected chi connectivity index (χ4v) is 5.63. The number of nitriles is 1. The minimum atomic E-state index is -1.10. The minimum absolute atomic E-state index is 0.00316. The van der Waals surface area contributed by atoms with E-state index in [4.69, 9.17) is 0 Å². The van der Waals surface area contributed by atoms with E-state index in [9.17, 15) is 14.0 Å². The van der Waals surface area contributed by atoms with Crippen molar-refractivity contribution in [3.63, 3.8) is 0 Å². The molecule has 0 aliphatic heterocycles. The fraction of sp³-hybridized carbons (Fsp3) is 0.536. The molecule has 0 radical (unpaired) electrons. The summed E-state index contributed by atoms with van der Waals surface area (Å²) in [5, 5.41) is 10.4. The van der Waals surface area contributed by atoms with E-state index in [1.165, 1.54) is 23.8 Å². The van der Waals surface area contributed by atoms with E-state index < -0.39 is 17.0 Å². The van der Waals surface area contributed by atoms with Gasteiger partial charge < -0.3 is 4.90 Å². The van der Waals surface area contributed by atoms with Crippen molar-refractivity contribution in [3.05, 3.63) is 71.3 Å². The summed E-state index contributed by atoms with van der Waals surface area (Å²) < 4.78 is 29.8. The van der Waals surface area contributed by atoms with Crippen LogP contribution in [0.15, 0.2) is 48.5 Å². The molecule has 4 heteroatoms. The Hall–Kier alpha value is -2.25. The van der Waals surface area contributed by atoms with Crippen LogP contribution in [0.4, 0.5) is 8.78 Å². The number of likely N-dealkylation sites (N-methyl/N-ethyl adjacent to an activating group) is 1. The molecule has 0 saturated heterocycles. The Morgan fingerprint density at radius 1 is 1.03 bits per heavy atom. The van der Waals surface area contributed by atoms with Crippen molar-refractivity contribution in [1.82, 2.24) is 4.90 Å². The minimum Gasteiger partial charge on any atom is -0.300 e. The van der Waals surface area contributed by atoms with E-state index in [2.05, 4.69) is 49.1 Å². The van der Waals surface area contributed by atoms with Crippen LogP contribution in [0.2, 0.25) is 0 Å². The summed E-state index contributed by atoms with van der Waals surface area (Å²) in [4.78, 5) is 2.46. The molecule has 2 aromatic rings. The van der Waals surface area contributed by atoms with Crippen LogP contribution in [0, 0.1) is 28.9 Å². The zero-order chi connectivity index (χ0) is 23.0. The highest BCUT2D eigenvalue weighted by Crippen LogP contribution is 2.47. The van der Waals surface area contributed by atoms with Crippen molar-refractivity contribution in [2.24, 2.45) is 5.92 Å². The van der Waals surface area contributed by atoms with Crippen LogP contribution in [0.25, 0.3) is 0 Å². The van der Waals surface area contributed by atoms with Gasteiger partial charge in [-0.1, -0.05) is 63.1 Å². The van der Waals surface area contributed by atoms with Gasteiger partial charge in [-0.15, -0.1) is 0 Å². The summed E-state index contributed by atoms with van der Waals surface area (Å²) in [6.45, 7) is 6.19. The van der Waals surface area contributed by atoms with Gasteiger partial charge in [-0.05, 0) is 68.7 Å². The molecule has 2 unspecified atom stereocenters. The topological polar surface area (TPSA) is 27.0 Å². The zero-order valence-corrected chi connectivity index (χ0v) is 19.5. The van der Waals surface area contributed by atoms with Crippen molar-refractivity contribution in [1.29, 1.82) is 5.26 Å². The van der Waals surface area contributed by atoms with E-state index in [0.29, 0.717) is 6.42 Å². The SMILES string of the molecule is CCC(CCC(C#N)(c1c(F)cccc1F)C1CCCC1)N(CC)CCc1ccccc1. The predicted molar refractivity (Wildman–Crippen MR) is 126 cm³/mol. The molecule has 1 aliphatic carbocycles. The van der Waals surface area contributed by atoms with Gasteiger partial charge >= 0.3 is 0 Å². The van der Waals surface area contributed by atoms with Crippen LogP contribution in [-0.2, 0) is 11.8 Å². The number of halogens is 2. The third-order valence-corrected chi connectivity index (χ3v) is 7.46. The fourth-order valence-electron chi connectivity index (χ4n) is 5.63. The standard InChI is InChI=1S/C28H36F2N2/c1-3-24(32(4-2)20-18-22-11-6-5-7-12-22)17-19-28(21-31,23-13-8-9-14-23)27-25(29)15-10-16-26(27)30/h5-7,10-12,15-16,23-24H,3-4,8-9,13-14,17-20H2,1-2H3. The molecule has 32 heavy (non-hydrogen) atoms. The van der Waals surface area contributed by atoms with Gasteiger partial charge in [0.25, 0.3) is 0 Å². The predicted octanol–water partition coefficient (Wildman–Crippen LogP) is 7.04. The van der Waals surface area contributed by atoms with Crippen LogP contribution < -0.4 is 0 Å². The lowest BCUT2D eigenvalue weighted by molar-refractivity contribution is 0.173. The van der Waals surface area contributed by atoms with Gasteiger partial charge in [-0.3, -0.25) is 0 Å². The summed E-state index contributed by atoms with van der Waals surface area (Å²) in [5.41, 5.74) is 0.209. The summed E-state index contributed by atoms with van der Waals surface area (Å²) in [7, 11) is 0. The van der Waals surface area contributed by atoms with Crippen molar-refractivity contribution >= 4 is 0 Å². The highest BCUT2D eigenvalue weighted by Gasteiger charge is 2.45. The highest BCUT2D eigenvalue weighted by atomic mass is 19.1. The summed E-state index contributed by atoms with van der Waals surface area (Å²) >= 11 is 0. The molecule has 2 nitrogen and oxygen atoms in total. The van der Waals surface area contributed by atoms with E-state index in [0.717, 1.165) is 58.0 Å². The second kappa shape index (κ2) is 11.6. The van der Waals surface area contributed by atoms with Crippen LogP contribution in [0.1, 0.15) is 69.9 Å². The molecule has 2 aromatic carbocycles. The molecule has 3 rings (SSSR count).